The van der Waals surface area contributed by atoms with Crippen molar-refractivity contribution in [3.63, 3.8) is 0 Å². The zero-order valence-electron chi connectivity index (χ0n) is 11.5. The quantitative estimate of drug-likeness (QED) is 0.838. The lowest BCUT2D eigenvalue weighted by atomic mass is 10.1. The fourth-order valence-electron chi connectivity index (χ4n) is 2.92. The number of ether oxygens (including phenoxy) is 1. The summed E-state index contributed by atoms with van der Waals surface area (Å²) in [6, 6.07) is 4.82. The molecule has 1 aromatic heterocycles. The molecule has 0 spiro atoms. The van der Waals surface area contributed by atoms with Gasteiger partial charge in [-0.1, -0.05) is 6.07 Å². The van der Waals surface area contributed by atoms with Crippen LogP contribution in [0.15, 0.2) is 18.3 Å². The molecule has 3 rings (SSSR count). The van der Waals surface area contributed by atoms with E-state index in [1.54, 1.807) is 13.3 Å². The molecule has 0 bridgehead atoms. The first-order chi connectivity index (χ1) is 9.36. The van der Waals surface area contributed by atoms with Crippen molar-refractivity contribution in [2.24, 2.45) is 0 Å². The van der Waals surface area contributed by atoms with Crippen LogP contribution in [0.2, 0.25) is 0 Å². The molecule has 0 amide bonds. The molecule has 2 fully saturated rings. The minimum absolute atomic E-state index is 0.741. The molecule has 2 aliphatic rings. The summed E-state index contributed by atoms with van der Waals surface area (Å²) < 4.78 is 5.30. The Bertz CT molecular complexity index is 414. The first-order valence-corrected chi connectivity index (χ1v) is 7.02. The number of pyridine rings is 1. The lowest BCUT2D eigenvalue weighted by molar-refractivity contribution is 0.0218. The number of methoxy groups -OCH3 is 1. The largest absolute Gasteiger partial charge is 0.481 e. The second kappa shape index (κ2) is 5.86. The molecule has 0 radical (unpaired) electrons. The van der Waals surface area contributed by atoms with Crippen molar-refractivity contribution in [1.29, 1.82) is 0 Å². The molecule has 1 aromatic rings. The van der Waals surface area contributed by atoms with Gasteiger partial charge in [0.25, 0.3) is 0 Å². The Morgan fingerprint density at radius 3 is 2.89 bits per heavy atom. The van der Waals surface area contributed by atoms with Crippen LogP contribution in [0.4, 0.5) is 0 Å². The van der Waals surface area contributed by atoms with E-state index in [-0.39, 0.29) is 0 Å². The minimum atomic E-state index is 0.741. The summed E-state index contributed by atoms with van der Waals surface area (Å²) in [5.74, 6) is 0.758. The number of hydrogen-bond donors (Lipinski definition) is 1. The Labute approximate surface area is 114 Å². The van der Waals surface area contributed by atoms with E-state index in [0.29, 0.717) is 0 Å². The van der Waals surface area contributed by atoms with Crippen molar-refractivity contribution in [1.82, 2.24) is 20.1 Å². The van der Waals surface area contributed by atoms with Crippen molar-refractivity contribution in [3.8, 4) is 5.88 Å². The van der Waals surface area contributed by atoms with Crippen molar-refractivity contribution in [2.75, 3.05) is 46.4 Å². The fourth-order valence-corrected chi connectivity index (χ4v) is 2.92. The molecule has 3 heterocycles. The van der Waals surface area contributed by atoms with Crippen LogP contribution < -0.4 is 10.1 Å². The monoisotopic (exact) mass is 262 g/mol. The topological polar surface area (TPSA) is 40.6 Å². The number of rotatable bonds is 4. The molecule has 1 N–H and O–H groups in total. The molecule has 0 aliphatic carbocycles. The molecule has 5 nitrogen and oxygen atoms in total. The molecule has 0 saturated carbocycles. The third kappa shape index (κ3) is 2.88. The Balaban J connectivity index is 1.51. The van der Waals surface area contributed by atoms with Crippen molar-refractivity contribution < 1.29 is 4.74 Å². The van der Waals surface area contributed by atoms with E-state index in [2.05, 4.69) is 26.2 Å². The SMILES string of the molecule is COc1ncccc1CN1CC(N2CCNCC2)C1. The van der Waals surface area contributed by atoms with Crippen LogP contribution in [0, 0.1) is 0 Å². The van der Waals surface area contributed by atoms with E-state index in [1.807, 2.05) is 6.07 Å². The normalized spacial score (nSPS) is 22.2. The lowest BCUT2D eigenvalue weighted by Gasteiger charge is -2.46. The summed E-state index contributed by atoms with van der Waals surface area (Å²) in [5, 5.41) is 3.40. The Kier molecular flexibility index (Phi) is 3.96. The number of aromatic nitrogens is 1. The van der Waals surface area contributed by atoms with E-state index in [4.69, 9.17) is 4.74 Å². The second-order valence-corrected chi connectivity index (χ2v) is 5.31. The van der Waals surface area contributed by atoms with Gasteiger partial charge in [0.15, 0.2) is 0 Å². The number of hydrogen-bond acceptors (Lipinski definition) is 5. The number of nitrogens with one attached hydrogen (secondary N) is 1. The van der Waals surface area contributed by atoms with Gasteiger partial charge in [-0.05, 0) is 6.07 Å². The van der Waals surface area contributed by atoms with Crippen molar-refractivity contribution >= 4 is 0 Å². The molecule has 0 atom stereocenters. The third-order valence-corrected chi connectivity index (χ3v) is 4.04. The maximum absolute atomic E-state index is 5.30. The van der Waals surface area contributed by atoms with Gasteiger partial charge in [0, 0.05) is 63.6 Å². The Morgan fingerprint density at radius 2 is 2.16 bits per heavy atom. The van der Waals surface area contributed by atoms with E-state index in [1.165, 1.54) is 18.7 Å². The zero-order chi connectivity index (χ0) is 13.1. The van der Waals surface area contributed by atoms with Gasteiger partial charge in [-0.25, -0.2) is 4.98 Å². The fraction of sp³-hybridized carbons (Fsp3) is 0.643. The molecule has 0 unspecified atom stereocenters. The van der Waals surface area contributed by atoms with Crippen molar-refractivity contribution in [2.45, 2.75) is 12.6 Å². The highest BCUT2D eigenvalue weighted by molar-refractivity contribution is 5.25. The van der Waals surface area contributed by atoms with E-state index in [0.717, 1.165) is 44.6 Å². The summed E-state index contributed by atoms with van der Waals surface area (Å²) in [6.07, 6.45) is 1.78. The molecule has 104 valence electrons. The van der Waals surface area contributed by atoms with Gasteiger partial charge in [0.2, 0.25) is 5.88 Å². The van der Waals surface area contributed by atoms with Crippen LogP contribution in [-0.4, -0.2) is 67.2 Å². The van der Waals surface area contributed by atoms with Gasteiger partial charge < -0.3 is 10.1 Å². The molecule has 5 heteroatoms. The highest BCUT2D eigenvalue weighted by Gasteiger charge is 2.32. The predicted octanol–water partition coefficient (Wildman–Crippen LogP) is 0.180. The summed E-state index contributed by atoms with van der Waals surface area (Å²) in [6.45, 7) is 7.92. The number of piperazine rings is 1. The smallest absolute Gasteiger partial charge is 0.217 e. The van der Waals surface area contributed by atoms with Gasteiger partial charge >= 0.3 is 0 Å². The van der Waals surface area contributed by atoms with Crippen LogP contribution in [0.5, 0.6) is 5.88 Å². The summed E-state index contributed by atoms with van der Waals surface area (Å²) in [7, 11) is 1.69. The van der Waals surface area contributed by atoms with E-state index >= 15 is 0 Å². The lowest BCUT2D eigenvalue weighted by Crippen LogP contribution is -2.62. The Hall–Kier alpha value is -1.17. The van der Waals surface area contributed by atoms with Crippen LogP contribution >= 0.6 is 0 Å². The van der Waals surface area contributed by atoms with Crippen LogP contribution in [-0.2, 0) is 6.54 Å². The molecular formula is C14H22N4O. The molecular weight excluding hydrogens is 240 g/mol. The van der Waals surface area contributed by atoms with Crippen molar-refractivity contribution in [3.05, 3.63) is 23.9 Å². The third-order valence-electron chi connectivity index (χ3n) is 4.04. The van der Waals surface area contributed by atoms with Gasteiger partial charge in [0.05, 0.1) is 7.11 Å². The average Bonchev–Trinajstić information content (AvgIpc) is 2.43. The average molecular weight is 262 g/mol. The maximum Gasteiger partial charge on any atom is 0.217 e. The Morgan fingerprint density at radius 1 is 1.37 bits per heavy atom. The standard InChI is InChI=1S/C14H22N4O/c1-19-14-12(3-2-4-16-14)9-17-10-13(11-17)18-7-5-15-6-8-18/h2-4,13,15H,5-11H2,1H3. The first-order valence-electron chi connectivity index (χ1n) is 7.02. The molecule has 19 heavy (non-hydrogen) atoms. The first kappa shape index (κ1) is 12.8. The predicted molar refractivity (Wildman–Crippen MR) is 74.3 cm³/mol. The van der Waals surface area contributed by atoms with Gasteiger partial charge in [0.1, 0.15) is 0 Å². The van der Waals surface area contributed by atoms with Gasteiger partial charge in [-0.15, -0.1) is 0 Å². The summed E-state index contributed by atoms with van der Waals surface area (Å²) >= 11 is 0. The van der Waals surface area contributed by atoms with Crippen LogP contribution in [0.25, 0.3) is 0 Å². The summed E-state index contributed by atoms with van der Waals surface area (Å²) in [5.41, 5.74) is 1.18. The van der Waals surface area contributed by atoms with E-state index < -0.39 is 0 Å². The zero-order valence-corrected chi connectivity index (χ0v) is 11.5. The molecule has 2 saturated heterocycles. The van der Waals surface area contributed by atoms with Gasteiger partial charge in [-0.2, -0.15) is 0 Å². The number of nitrogens with zero attached hydrogens (tertiary/aromatic N) is 3. The maximum atomic E-state index is 5.30. The minimum Gasteiger partial charge on any atom is -0.481 e. The van der Waals surface area contributed by atoms with Crippen LogP contribution in [0.1, 0.15) is 5.56 Å². The highest BCUT2D eigenvalue weighted by atomic mass is 16.5. The van der Waals surface area contributed by atoms with Gasteiger partial charge in [-0.3, -0.25) is 9.80 Å². The summed E-state index contributed by atoms with van der Waals surface area (Å²) in [4.78, 5) is 9.32. The van der Waals surface area contributed by atoms with Crippen LogP contribution in [0.3, 0.4) is 0 Å². The number of likely N-dealkylation sites (tertiary alicyclic amines) is 1. The highest BCUT2D eigenvalue weighted by Crippen LogP contribution is 2.22. The van der Waals surface area contributed by atoms with E-state index in [9.17, 15) is 0 Å². The molecule has 2 aliphatic heterocycles. The second-order valence-electron chi connectivity index (χ2n) is 5.31. The molecule has 0 aromatic carbocycles.